The molecule has 2 rings (SSSR count). The average Bonchev–Trinajstić information content (AvgIpc) is 2.59. The van der Waals surface area contributed by atoms with Crippen molar-refractivity contribution in [3.05, 3.63) is 6.33 Å². The Bertz CT molecular complexity index is 585. The van der Waals surface area contributed by atoms with Crippen LogP contribution < -0.4 is 9.41 Å². The van der Waals surface area contributed by atoms with E-state index in [4.69, 9.17) is 4.43 Å². The van der Waals surface area contributed by atoms with E-state index in [1.54, 1.807) is 6.33 Å². The summed E-state index contributed by atoms with van der Waals surface area (Å²) in [7, 11) is -3.23. The normalized spacial score (nSPS) is 12.7. The molecule has 0 saturated heterocycles. The zero-order valence-electron chi connectivity index (χ0n) is 12.3. The van der Waals surface area contributed by atoms with Gasteiger partial charge in [-0.2, -0.15) is 9.97 Å². The predicted molar refractivity (Wildman–Crippen MR) is 82.6 cm³/mol. The summed E-state index contributed by atoms with van der Waals surface area (Å²) in [6.07, 6.45) is 1.63. The first-order valence-electron chi connectivity index (χ1n) is 6.32. The van der Waals surface area contributed by atoms with Gasteiger partial charge in [0.25, 0.3) is 0 Å². The first-order valence-corrected chi connectivity index (χ1v) is 13.2. The minimum atomic E-state index is -1.73. The summed E-state index contributed by atoms with van der Waals surface area (Å²) in [5.74, 6) is 0.787. The maximum atomic E-state index is 5.87. The fraction of sp³-hybridized carbons (Fsp3) is 0.545. The lowest BCUT2D eigenvalue weighted by Crippen LogP contribution is -2.34. The number of nitrogens with zero attached hydrogens (tertiary/aromatic N) is 3. The molecule has 0 unspecified atom stereocenters. The molecule has 0 spiro atoms. The Morgan fingerprint density at radius 3 is 2.37 bits per heavy atom. The molecule has 0 saturated carbocycles. The maximum Gasteiger partial charge on any atom is 0.306 e. The summed E-state index contributed by atoms with van der Waals surface area (Å²) in [5, 5.41) is 0. The minimum Gasteiger partial charge on any atom is -0.518 e. The van der Waals surface area contributed by atoms with Crippen LogP contribution >= 0.6 is 0 Å². The molecule has 0 aromatic carbocycles. The highest BCUT2D eigenvalue weighted by atomic mass is 28.4. The summed E-state index contributed by atoms with van der Waals surface area (Å²) in [4.78, 5) is 19.6. The molecule has 0 aliphatic carbocycles. The predicted octanol–water partition coefficient (Wildman–Crippen LogP) is 2.81. The van der Waals surface area contributed by atoms with Crippen LogP contribution in [0.15, 0.2) is 6.33 Å². The molecule has 104 valence electrons. The first kappa shape index (κ1) is 14.0. The number of imidazole rings is 1. The topological polar surface area (TPSA) is 75.7 Å². The van der Waals surface area contributed by atoms with Crippen molar-refractivity contribution < 1.29 is 4.43 Å². The number of anilines is 1. The molecule has 0 aliphatic rings. The second kappa shape index (κ2) is 4.60. The van der Waals surface area contributed by atoms with Crippen molar-refractivity contribution in [1.29, 1.82) is 0 Å². The number of hydrogen-bond acceptors (Lipinski definition) is 5. The highest BCUT2D eigenvalue weighted by molar-refractivity contribution is 6.79. The third-order valence-electron chi connectivity index (χ3n) is 2.16. The van der Waals surface area contributed by atoms with Crippen LogP contribution in [0.2, 0.25) is 39.3 Å². The van der Waals surface area contributed by atoms with Crippen LogP contribution in [0.1, 0.15) is 0 Å². The number of H-pyrrole nitrogens is 1. The van der Waals surface area contributed by atoms with E-state index in [2.05, 4.69) is 64.2 Å². The Hall–Kier alpha value is -1.42. The van der Waals surface area contributed by atoms with Crippen molar-refractivity contribution in [2.75, 3.05) is 4.98 Å². The van der Waals surface area contributed by atoms with Gasteiger partial charge in [0.15, 0.2) is 11.5 Å². The van der Waals surface area contributed by atoms with Gasteiger partial charge in [-0.3, -0.25) is 0 Å². The molecule has 8 heteroatoms. The zero-order chi connectivity index (χ0) is 14.3. The number of aromatic amines is 1. The summed E-state index contributed by atoms with van der Waals surface area (Å²) >= 11 is 0. The highest BCUT2D eigenvalue weighted by Crippen LogP contribution is 2.23. The average molecular weight is 295 g/mol. The highest BCUT2D eigenvalue weighted by Gasteiger charge is 2.22. The van der Waals surface area contributed by atoms with Gasteiger partial charge in [-0.15, -0.1) is 0 Å². The van der Waals surface area contributed by atoms with E-state index in [1.807, 2.05) is 0 Å². The summed E-state index contributed by atoms with van der Waals surface area (Å²) < 4.78 is 5.87. The van der Waals surface area contributed by atoms with Crippen molar-refractivity contribution in [2.24, 2.45) is 0 Å². The fourth-order valence-corrected chi connectivity index (χ4v) is 3.11. The van der Waals surface area contributed by atoms with Gasteiger partial charge >= 0.3 is 6.01 Å². The van der Waals surface area contributed by atoms with E-state index in [1.165, 1.54) is 0 Å². The molecule has 0 fully saturated rings. The van der Waals surface area contributed by atoms with Crippen LogP contribution in [0.25, 0.3) is 11.2 Å². The van der Waals surface area contributed by atoms with Crippen molar-refractivity contribution in [3.8, 4) is 6.01 Å². The van der Waals surface area contributed by atoms with Crippen LogP contribution in [-0.4, -0.2) is 36.5 Å². The van der Waals surface area contributed by atoms with Gasteiger partial charge < -0.3 is 14.4 Å². The molecule has 0 atom stereocenters. The van der Waals surface area contributed by atoms with Crippen molar-refractivity contribution in [3.63, 3.8) is 0 Å². The van der Waals surface area contributed by atoms with E-state index in [0.717, 1.165) is 11.3 Å². The summed E-state index contributed by atoms with van der Waals surface area (Å²) in [6, 6.07) is 0.416. The van der Waals surface area contributed by atoms with Gasteiger partial charge in [-0.25, -0.2) is 4.98 Å². The molecule has 19 heavy (non-hydrogen) atoms. The number of hydrogen-bond donors (Lipinski definition) is 2. The largest absolute Gasteiger partial charge is 0.518 e. The quantitative estimate of drug-likeness (QED) is 0.848. The van der Waals surface area contributed by atoms with E-state index in [-0.39, 0.29) is 0 Å². The fourth-order valence-electron chi connectivity index (χ4n) is 1.58. The lowest BCUT2D eigenvalue weighted by atomic mass is 10.5. The number of aromatic nitrogens is 4. The molecule has 0 radical (unpaired) electrons. The Labute approximate surface area is 115 Å². The summed E-state index contributed by atoms with van der Waals surface area (Å²) in [5.41, 5.74) is 1.48. The number of rotatable bonds is 4. The SMILES string of the molecule is C[Si](C)(C)Nc1nc(O[Si](C)(C)C)nc2nc[nH]c12. The Morgan fingerprint density at radius 1 is 1.11 bits per heavy atom. The van der Waals surface area contributed by atoms with Gasteiger partial charge in [0, 0.05) is 0 Å². The number of fused-ring (bicyclic) bond motifs is 1. The Kier molecular flexibility index (Phi) is 3.39. The van der Waals surface area contributed by atoms with E-state index in [9.17, 15) is 0 Å². The molecule has 2 aromatic rings. The van der Waals surface area contributed by atoms with E-state index < -0.39 is 16.6 Å². The first-order chi connectivity index (χ1) is 8.64. The molecule has 0 amide bonds. The van der Waals surface area contributed by atoms with E-state index in [0.29, 0.717) is 11.7 Å². The van der Waals surface area contributed by atoms with Crippen molar-refractivity contribution in [2.45, 2.75) is 39.3 Å². The smallest absolute Gasteiger partial charge is 0.306 e. The second-order valence-electron chi connectivity index (χ2n) is 6.55. The lowest BCUT2D eigenvalue weighted by Gasteiger charge is -2.21. The molecule has 0 bridgehead atoms. The monoisotopic (exact) mass is 295 g/mol. The minimum absolute atomic E-state index is 0.416. The van der Waals surface area contributed by atoms with Crippen LogP contribution in [0.4, 0.5) is 5.82 Å². The molecule has 2 aromatic heterocycles. The van der Waals surface area contributed by atoms with Gasteiger partial charge in [0.05, 0.1) is 6.33 Å². The van der Waals surface area contributed by atoms with Gasteiger partial charge in [-0.05, 0) is 19.6 Å². The van der Waals surface area contributed by atoms with Crippen molar-refractivity contribution >= 4 is 33.5 Å². The van der Waals surface area contributed by atoms with Gasteiger partial charge in [0.2, 0.25) is 8.32 Å². The van der Waals surface area contributed by atoms with Crippen LogP contribution in [0, 0.1) is 0 Å². The third-order valence-corrected chi connectivity index (χ3v) is 3.94. The van der Waals surface area contributed by atoms with Crippen LogP contribution in [0.3, 0.4) is 0 Å². The van der Waals surface area contributed by atoms with E-state index >= 15 is 0 Å². The molecule has 2 N–H and O–H groups in total. The lowest BCUT2D eigenvalue weighted by molar-refractivity contribution is 0.513. The molecule has 2 heterocycles. The Balaban J connectivity index is 2.45. The summed E-state index contributed by atoms with van der Waals surface area (Å²) in [6.45, 7) is 13.0. The van der Waals surface area contributed by atoms with Gasteiger partial charge in [-0.1, -0.05) is 19.6 Å². The second-order valence-corrected chi connectivity index (χ2v) is 15.7. The zero-order valence-corrected chi connectivity index (χ0v) is 14.3. The standard InChI is InChI=1S/C11H21N5OSi2/c1-18(2,3)16-10-8-9(13-7-12-8)14-11(15-10)17-19(4,5)6/h7H,1-6H3,(H2,12,13,14,15,16). The van der Waals surface area contributed by atoms with Crippen LogP contribution in [-0.2, 0) is 0 Å². The van der Waals surface area contributed by atoms with Crippen molar-refractivity contribution in [1.82, 2.24) is 19.9 Å². The molecule has 6 nitrogen and oxygen atoms in total. The Morgan fingerprint density at radius 2 is 1.79 bits per heavy atom. The van der Waals surface area contributed by atoms with Crippen LogP contribution in [0.5, 0.6) is 6.01 Å². The number of nitrogens with one attached hydrogen (secondary N) is 2. The molecular formula is C11H21N5OSi2. The third kappa shape index (κ3) is 3.77. The molecule has 0 aliphatic heterocycles. The maximum absolute atomic E-state index is 5.87. The van der Waals surface area contributed by atoms with Gasteiger partial charge in [0.1, 0.15) is 13.8 Å². The molecular weight excluding hydrogens is 274 g/mol.